The predicted molar refractivity (Wildman–Crippen MR) is 98.0 cm³/mol. The summed E-state index contributed by atoms with van der Waals surface area (Å²) in [7, 11) is 0. The van der Waals surface area contributed by atoms with Crippen LogP contribution in [-0.2, 0) is 0 Å². The number of carbonyl (C=O) groups is 1. The molecule has 0 aliphatic carbocycles. The average Bonchev–Trinajstić information content (AvgIpc) is 3.22. The van der Waals surface area contributed by atoms with E-state index in [4.69, 9.17) is 21.4 Å². The molecular weight excluding hydrogens is 358 g/mol. The number of thioether (sulfide) groups is 1. The van der Waals surface area contributed by atoms with Gasteiger partial charge in [0.05, 0.1) is 17.5 Å². The lowest BCUT2D eigenvalue weighted by molar-refractivity contribution is -0.111. The van der Waals surface area contributed by atoms with Gasteiger partial charge in [-0.3, -0.25) is 10.1 Å². The Bertz CT molecular complexity index is 904. The van der Waals surface area contributed by atoms with Crippen molar-refractivity contribution >= 4 is 34.3 Å². The molecule has 1 spiro atoms. The molecule has 3 aliphatic rings. The number of carbonyl (C=O) groups excluding carboxylic acids is 1. The Morgan fingerprint density at radius 3 is 2.88 bits per heavy atom. The Hall–Kier alpha value is -2.18. The number of benzene rings is 2. The molecule has 1 saturated heterocycles. The van der Waals surface area contributed by atoms with E-state index in [0.717, 1.165) is 29.0 Å². The van der Waals surface area contributed by atoms with Crippen LogP contribution in [0.1, 0.15) is 23.6 Å². The van der Waals surface area contributed by atoms with Crippen LogP contribution in [-0.4, -0.2) is 27.6 Å². The largest absolute Gasteiger partial charge is 0.447 e. The monoisotopic (exact) mass is 371 g/mol. The van der Waals surface area contributed by atoms with Gasteiger partial charge in [-0.1, -0.05) is 53.7 Å². The average molecular weight is 372 g/mol. The van der Waals surface area contributed by atoms with Crippen LogP contribution in [0.2, 0.25) is 5.02 Å². The summed E-state index contributed by atoms with van der Waals surface area (Å²) >= 11 is 7.42. The Morgan fingerprint density at radius 1 is 1.28 bits per heavy atom. The molecule has 2 unspecified atom stereocenters. The Kier molecular flexibility index (Phi) is 3.27. The molecule has 3 aliphatic heterocycles. The van der Waals surface area contributed by atoms with Crippen molar-refractivity contribution in [2.24, 2.45) is 5.10 Å². The topological polar surface area (TPSA) is 53.9 Å². The van der Waals surface area contributed by atoms with Crippen molar-refractivity contribution < 1.29 is 9.53 Å². The van der Waals surface area contributed by atoms with E-state index >= 15 is 0 Å². The van der Waals surface area contributed by atoms with Crippen LogP contribution in [0, 0.1) is 0 Å². The van der Waals surface area contributed by atoms with Crippen LogP contribution in [0.5, 0.6) is 5.75 Å². The van der Waals surface area contributed by atoms with Gasteiger partial charge in [0.2, 0.25) is 0 Å². The van der Waals surface area contributed by atoms with Gasteiger partial charge in [-0.2, -0.15) is 5.10 Å². The van der Waals surface area contributed by atoms with Crippen molar-refractivity contribution in [1.82, 2.24) is 10.3 Å². The van der Waals surface area contributed by atoms with Crippen molar-refractivity contribution in [1.29, 1.82) is 0 Å². The molecule has 3 heterocycles. The number of nitrogens with zero attached hydrogens (tertiary/aromatic N) is 2. The molecule has 1 fully saturated rings. The number of ether oxygens (including phenoxy) is 1. The summed E-state index contributed by atoms with van der Waals surface area (Å²) in [6.07, 6.45) is 0.739. The van der Waals surface area contributed by atoms with Crippen LogP contribution < -0.4 is 10.1 Å². The first-order valence-corrected chi connectivity index (χ1v) is 9.37. The summed E-state index contributed by atoms with van der Waals surface area (Å²) < 4.78 is 6.21. The molecule has 0 radical (unpaired) electrons. The van der Waals surface area contributed by atoms with E-state index in [-0.39, 0.29) is 11.3 Å². The maximum Gasteiger partial charge on any atom is 0.289 e. The van der Waals surface area contributed by atoms with Gasteiger partial charge in [0.1, 0.15) is 5.75 Å². The Labute approximate surface area is 154 Å². The van der Waals surface area contributed by atoms with Crippen molar-refractivity contribution in [3.63, 3.8) is 0 Å². The number of hydrazone groups is 1. The minimum absolute atomic E-state index is 0.0170. The highest BCUT2D eigenvalue weighted by atomic mass is 35.5. The molecule has 1 amide bonds. The quantitative estimate of drug-likeness (QED) is 0.823. The fourth-order valence-corrected chi connectivity index (χ4v) is 4.57. The summed E-state index contributed by atoms with van der Waals surface area (Å²) in [5.74, 6) is 0.290. The van der Waals surface area contributed by atoms with Crippen LogP contribution in [0.25, 0.3) is 0 Å². The van der Waals surface area contributed by atoms with Crippen LogP contribution >= 0.6 is 23.4 Å². The maximum absolute atomic E-state index is 11.9. The number of hydrogen-bond acceptors (Lipinski definition) is 5. The zero-order valence-corrected chi connectivity index (χ0v) is 14.7. The third-order valence-electron chi connectivity index (χ3n) is 4.69. The van der Waals surface area contributed by atoms with Gasteiger partial charge in [-0.25, -0.2) is 5.01 Å². The van der Waals surface area contributed by atoms with Gasteiger partial charge in [0.25, 0.3) is 11.1 Å². The number of nitrogens with one attached hydrogen (secondary N) is 1. The number of amides is 1. The second-order valence-electron chi connectivity index (χ2n) is 6.25. The van der Waals surface area contributed by atoms with Gasteiger partial charge < -0.3 is 4.74 Å². The highest BCUT2D eigenvalue weighted by Crippen LogP contribution is 2.48. The second-order valence-corrected chi connectivity index (χ2v) is 7.63. The molecule has 5 rings (SSSR count). The summed E-state index contributed by atoms with van der Waals surface area (Å²) in [5, 5.41) is 10.2. The van der Waals surface area contributed by atoms with Crippen LogP contribution in [0.4, 0.5) is 4.79 Å². The molecule has 5 nitrogen and oxygen atoms in total. The molecule has 2 aromatic rings. The molecule has 1 N–H and O–H groups in total. The fourth-order valence-electron chi connectivity index (χ4n) is 3.57. The number of hydrogen-bond donors (Lipinski definition) is 1. The standard InChI is InChI=1S/C18H14ClN3O2S/c19-12-6-7-16-13(8-12)15-9-14(11-4-2-1-3-5-11)21-22(15)18(24-16)10-25-17(23)20-18/h1-8,15H,9-10H2,(H,20,23). The maximum atomic E-state index is 11.9. The van der Waals surface area contributed by atoms with E-state index in [0.29, 0.717) is 10.8 Å². The van der Waals surface area contributed by atoms with E-state index in [1.165, 1.54) is 11.8 Å². The molecule has 7 heteroatoms. The molecule has 0 saturated carbocycles. The summed E-state index contributed by atoms with van der Waals surface area (Å²) in [4.78, 5) is 11.9. The third kappa shape index (κ3) is 2.32. The van der Waals surface area contributed by atoms with E-state index in [2.05, 4.69) is 5.32 Å². The molecule has 0 bridgehead atoms. The molecule has 126 valence electrons. The first kappa shape index (κ1) is 15.1. The first-order valence-electron chi connectivity index (χ1n) is 8.00. The number of rotatable bonds is 1. The molecular formula is C18H14ClN3O2S. The second kappa shape index (κ2) is 5.41. The van der Waals surface area contributed by atoms with Crippen molar-refractivity contribution in [2.45, 2.75) is 18.3 Å². The first-order chi connectivity index (χ1) is 12.1. The lowest BCUT2D eigenvalue weighted by Crippen LogP contribution is -2.62. The van der Waals surface area contributed by atoms with E-state index in [1.807, 2.05) is 53.5 Å². The zero-order chi connectivity index (χ0) is 17.0. The molecule has 2 atom stereocenters. The van der Waals surface area contributed by atoms with E-state index in [9.17, 15) is 4.79 Å². The van der Waals surface area contributed by atoms with Gasteiger partial charge in [0.15, 0.2) is 0 Å². The molecule has 25 heavy (non-hydrogen) atoms. The van der Waals surface area contributed by atoms with Gasteiger partial charge in [-0.05, 0) is 23.8 Å². The van der Waals surface area contributed by atoms with Gasteiger partial charge in [-0.15, -0.1) is 0 Å². The van der Waals surface area contributed by atoms with E-state index < -0.39 is 5.85 Å². The Balaban J connectivity index is 1.63. The van der Waals surface area contributed by atoms with Gasteiger partial charge >= 0.3 is 0 Å². The summed E-state index contributed by atoms with van der Waals surface area (Å²) in [6.45, 7) is 0. The van der Waals surface area contributed by atoms with Crippen LogP contribution in [0.3, 0.4) is 0 Å². The lowest BCUT2D eigenvalue weighted by Gasteiger charge is -2.44. The summed E-state index contributed by atoms with van der Waals surface area (Å²) in [6, 6.07) is 15.7. The lowest BCUT2D eigenvalue weighted by atomic mass is 9.96. The minimum atomic E-state index is -0.941. The highest BCUT2D eigenvalue weighted by molar-refractivity contribution is 8.14. The highest BCUT2D eigenvalue weighted by Gasteiger charge is 2.55. The fraction of sp³-hybridized carbons (Fsp3) is 0.222. The zero-order valence-electron chi connectivity index (χ0n) is 13.1. The predicted octanol–water partition coefficient (Wildman–Crippen LogP) is 3.99. The van der Waals surface area contributed by atoms with Crippen molar-refractivity contribution in [2.75, 3.05) is 5.75 Å². The van der Waals surface area contributed by atoms with Crippen molar-refractivity contribution in [3.05, 3.63) is 64.7 Å². The van der Waals surface area contributed by atoms with Crippen LogP contribution in [0.15, 0.2) is 53.6 Å². The summed E-state index contributed by atoms with van der Waals surface area (Å²) in [5.41, 5.74) is 3.05. The Morgan fingerprint density at radius 2 is 2.12 bits per heavy atom. The smallest absolute Gasteiger partial charge is 0.289 e. The molecule has 2 aromatic carbocycles. The minimum Gasteiger partial charge on any atom is -0.447 e. The van der Waals surface area contributed by atoms with Crippen molar-refractivity contribution in [3.8, 4) is 5.75 Å². The number of halogens is 1. The molecule has 0 aromatic heterocycles. The van der Waals surface area contributed by atoms with Gasteiger partial charge in [0, 0.05) is 17.0 Å². The van der Waals surface area contributed by atoms with E-state index in [1.54, 1.807) is 0 Å². The third-order valence-corrected chi connectivity index (χ3v) is 5.83. The normalized spacial score (nSPS) is 26.8. The SMILES string of the molecule is O=C1NC2(CS1)Oc1ccc(Cl)cc1C1CC(c3ccccc3)=NN12. The number of fused-ring (bicyclic) bond motifs is 4.